The van der Waals surface area contributed by atoms with Crippen LogP contribution in [0.4, 0.5) is 0 Å². The number of carbonyl (C=O) groups is 1. The summed E-state index contributed by atoms with van der Waals surface area (Å²) in [5.74, 6) is 1.09. The molecule has 0 radical (unpaired) electrons. The standard InChI is InChI=1S/C13H18INO3/c1-17-10-5-6-11(12(9-10)18-2)13(16)15-8-4-3-7-14/h5-6,9H,3-4,7-8H2,1-2H3,(H,15,16). The lowest BCUT2D eigenvalue weighted by Crippen LogP contribution is -2.25. The summed E-state index contributed by atoms with van der Waals surface area (Å²) in [5.41, 5.74) is 0.535. The van der Waals surface area contributed by atoms with E-state index in [4.69, 9.17) is 9.47 Å². The fourth-order valence-electron chi connectivity index (χ4n) is 1.50. The number of methoxy groups -OCH3 is 2. The van der Waals surface area contributed by atoms with Gasteiger partial charge in [0.1, 0.15) is 11.5 Å². The fourth-order valence-corrected chi connectivity index (χ4v) is 2.04. The molecule has 0 saturated carbocycles. The van der Waals surface area contributed by atoms with Crippen molar-refractivity contribution in [3.8, 4) is 11.5 Å². The molecule has 100 valence electrons. The Morgan fingerprint density at radius 3 is 2.67 bits per heavy atom. The summed E-state index contributed by atoms with van der Waals surface area (Å²) in [6, 6.07) is 5.17. The highest BCUT2D eigenvalue weighted by atomic mass is 127. The second-order valence-corrected chi connectivity index (χ2v) is 4.80. The molecule has 18 heavy (non-hydrogen) atoms. The van der Waals surface area contributed by atoms with Crippen molar-refractivity contribution in [2.75, 3.05) is 25.2 Å². The Labute approximate surface area is 121 Å². The minimum absolute atomic E-state index is 0.108. The van der Waals surface area contributed by atoms with E-state index in [1.165, 1.54) is 0 Å². The third-order valence-electron chi connectivity index (χ3n) is 2.50. The van der Waals surface area contributed by atoms with Crippen LogP contribution in [0.15, 0.2) is 18.2 Å². The van der Waals surface area contributed by atoms with E-state index in [9.17, 15) is 4.79 Å². The molecular weight excluding hydrogens is 345 g/mol. The van der Waals surface area contributed by atoms with Crippen molar-refractivity contribution in [1.82, 2.24) is 5.32 Å². The fraction of sp³-hybridized carbons (Fsp3) is 0.462. The van der Waals surface area contributed by atoms with E-state index in [-0.39, 0.29) is 5.91 Å². The number of hydrogen-bond acceptors (Lipinski definition) is 3. The molecule has 5 heteroatoms. The molecule has 1 aromatic rings. The van der Waals surface area contributed by atoms with E-state index >= 15 is 0 Å². The molecule has 1 aromatic carbocycles. The smallest absolute Gasteiger partial charge is 0.255 e. The highest BCUT2D eigenvalue weighted by molar-refractivity contribution is 14.1. The van der Waals surface area contributed by atoms with Crippen molar-refractivity contribution in [1.29, 1.82) is 0 Å². The topological polar surface area (TPSA) is 47.6 Å². The van der Waals surface area contributed by atoms with Gasteiger partial charge in [0.2, 0.25) is 0 Å². The van der Waals surface area contributed by atoms with Gasteiger partial charge in [-0.25, -0.2) is 0 Å². The number of halogens is 1. The van der Waals surface area contributed by atoms with Crippen molar-refractivity contribution in [2.24, 2.45) is 0 Å². The quantitative estimate of drug-likeness (QED) is 0.460. The molecule has 1 rings (SSSR count). The summed E-state index contributed by atoms with van der Waals surface area (Å²) < 4.78 is 11.4. The van der Waals surface area contributed by atoms with Crippen LogP contribution in [0.2, 0.25) is 0 Å². The Morgan fingerprint density at radius 2 is 2.06 bits per heavy atom. The number of amides is 1. The van der Waals surface area contributed by atoms with Gasteiger partial charge in [-0.1, -0.05) is 22.6 Å². The van der Waals surface area contributed by atoms with Gasteiger partial charge in [-0.15, -0.1) is 0 Å². The van der Waals surface area contributed by atoms with Gasteiger partial charge in [0, 0.05) is 12.6 Å². The maximum absolute atomic E-state index is 12.0. The summed E-state index contributed by atoms with van der Waals surface area (Å²) >= 11 is 2.33. The Balaban J connectivity index is 2.66. The molecule has 0 aliphatic carbocycles. The van der Waals surface area contributed by atoms with Crippen LogP contribution in [0.3, 0.4) is 0 Å². The Morgan fingerprint density at radius 1 is 1.28 bits per heavy atom. The number of benzene rings is 1. The maximum Gasteiger partial charge on any atom is 0.255 e. The van der Waals surface area contributed by atoms with Gasteiger partial charge in [0.25, 0.3) is 5.91 Å². The number of rotatable bonds is 7. The summed E-state index contributed by atoms with van der Waals surface area (Å²) in [7, 11) is 3.13. The van der Waals surface area contributed by atoms with Crippen LogP contribution in [0.5, 0.6) is 11.5 Å². The number of nitrogens with one attached hydrogen (secondary N) is 1. The summed E-state index contributed by atoms with van der Waals surface area (Å²) in [6.07, 6.45) is 2.10. The zero-order chi connectivity index (χ0) is 13.4. The second kappa shape index (κ2) is 8.18. The molecule has 0 atom stereocenters. The zero-order valence-corrected chi connectivity index (χ0v) is 12.8. The summed E-state index contributed by atoms with van der Waals surface area (Å²) in [6.45, 7) is 0.691. The van der Waals surface area contributed by atoms with E-state index in [0.29, 0.717) is 23.6 Å². The molecule has 0 saturated heterocycles. The Kier molecular flexibility index (Phi) is 6.85. The van der Waals surface area contributed by atoms with Gasteiger partial charge in [-0.3, -0.25) is 4.79 Å². The second-order valence-electron chi connectivity index (χ2n) is 3.72. The lowest BCUT2D eigenvalue weighted by atomic mass is 10.1. The first-order valence-electron chi connectivity index (χ1n) is 5.79. The number of alkyl halides is 1. The number of ether oxygens (including phenoxy) is 2. The van der Waals surface area contributed by atoms with Gasteiger partial charge >= 0.3 is 0 Å². The van der Waals surface area contributed by atoms with Crippen LogP contribution in [-0.4, -0.2) is 31.1 Å². The van der Waals surface area contributed by atoms with Gasteiger partial charge in [-0.05, 0) is 29.4 Å². The van der Waals surface area contributed by atoms with Gasteiger partial charge in [0.05, 0.1) is 19.8 Å². The molecule has 0 aliphatic heterocycles. The maximum atomic E-state index is 12.0. The third kappa shape index (κ3) is 4.36. The molecule has 0 fully saturated rings. The average Bonchev–Trinajstić information content (AvgIpc) is 2.42. The Bertz CT molecular complexity index is 396. The molecule has 0 heterocycles. The van der Waals surface area contributed by atoms with Crippen LogP contribution in [-0.2, 0) is 0 Å². The van der Waals surface area contributed by atoms with Crippen molar-refractivity contribution < 1.29 is 14.3 Å². The van der Waals surface area contributed by atoms with Crippen LogP contribution < -0.4 is 14.8 Å². The lowest BCUT2D eigenvalue weighted by molar-refractivity contribution is 0.0950. The predicted octanol–water partition coefficient (Wildman–Crippen LogP) is 2.65. The van der Waals surface area contributed by atoms with Crippen LogP contribution in [0.1, 0.15) is 23.2 Å². The van der Waals surface area contributed by atoms with Gasteiger partial charge < -0.3 is 14.8 Å². The van der Waals surface area contributed by atoms with E-state index in [1.54, 1.807) is 32.4 Å². The predicted molar refractivity (Wildman–Crippen MR) is 80.0 cm³/mol. The molecule has 1 N–H and O–H groups in total. The first-order valence-corrected chi connectivity index (χ1v) is 7.31. The van der Waals surface area contributed by atoms with Gasteiger partial charge in [-0.2, -0.15) is 0 Å². The van der Waals surface area contributed by atoms with E-state index in [2.05, 4.69) is 27.9 Å². The van der Waals surface area contributed by atoms with E-state index in [1.807, 2.05) is 0 Å². The highest BCUT2D eigenvalue weighted by Gasteiger charge is 2.12. The SMILES string of the molecule is COc1ccc(C(=O)NCCCCI)c(OC)c1. The van der Waals surface area contributed by atoms with Crippen molar-refractivity contribution in [3.05, 3.63) is 23.8 Å². The van der Waals surface area contributed by atoms with Crippen molar-refractivity contribution in [2.45, 2.75) is 12.8 Å². The number of hydrogen-bond donors (Lipinski definition) is 1. The highest BCUT2D eigenvalue weighted by Crippen LogP contribution is 2.24. The number of carbonyl (C=O) groups excluding carboxylic acids is 1. The summed E-state index contributed by atoms with van der Waals surface area (Å²) in [5, 5.41) is 2.88. The van der Waals surface area contributed by atoms with Crippen LogP contribution in [0, 0.1) is 0 Å². The molecule has 0 unspecified atom stereocenters. The first kappa shape index (κ1) is 15.1. The Hall–Kier alpha value is -0.980. The third-order valence-corrected chi connectivity index (χ3v) is 3.26. The molecular formula is C13H18INO3. The minimum atomic E-state index is -0.108. The zero-order valence-electron chi connectivity index (χ0n) is 10.7. The lowest BCUT2D eigenvalue weighted by Gasteiger charge is -2.10. The van der Waals surface area contributed by atoms with Crippen molar-refractivity contribution >= 4 is 28.5 Å². The molecule has 0 aromatic heterocycles. The van der Waals surface area contributed by atoms with E-state index < -0.39 is 0 Å². The van der Waals surface area contributed by atoms with Crippen molar-refractivity contribution in [3.63, 3.8) is 0 Å². The average molecular weight is 363 g/mol. The van der Waals surface area contributed by atoms with Crippen LogP contribution >= 0.6 is 22.6 Å². The first-order chi connectivity index (χ1) is 8.72. The summed E-state index contributed by atoms with van der Waals surface area (Å²) in [4.78, 5) is 12.0. The molecule has 1 amide bonds. The number of unbranched alkanes of at least 4 members (excludes halogenated alkanes) is 1. The molecule has 4 nitrogen and oxygen atoms in total. The molecule has 0 aliphatic rings. The van der Waals surface area contributed by atoms with E-state index in [0.717, 1.165) is 17.3 Å². The largest absolute Gasteiger partial charge is 0.497 e. The normalized spacial score (nSPS) is 9.94. The molecule has 0 bridgehead atoms. The van der Waals surface area contributed by atoms with Gasteiger partial charge in [0.15, 0.2) is 0 Å². The van der Waals surface area contributed by atoms with Crippen LogP contribution in [0.25, 0.3) is 0 Å². The molecule has 0 spiro atoms. The minimum Gasteiger partial charge on any atom is -0.497 e. The monoisotopic (exact) mass is 363 g/mol.